The number of hydrogen-bond donors (Lipinski definition) is 2. The summed E-state index contributed by atoms with van der Waals surface area (Å²) in [4.78, 5) is 11.8. The minimum Gasteiger partial charge on any atom is -0.444 e. The average Bonchev–Trinajstić information content (AvgIpc) is 2.96. The highest BCUT2D eigenvalue weighted by atomic mass is 16.6. The van der Waals surface area contributed by atoms with Gasteiger partial charge in [-0.1, -0.05) is 0 Å². The zero-order chi connectivity index (χ0) is 16.3. The van der Waals surface area contributed by atoms with E-state index in [0.29, 0.717) is 6.04 Å². The number of rotatable bonds is 4. The van der Waals surface area contributed by atoms with E-state index in [1.165, 1.54) is 0 Å². The van der Waals surface area contributed by atoms with Gasteiger partial charge >= 0.3 is 6.09 Å². The number of hydrogen-bond acceptors (Lipinski definition) is 5. The smallest absolute Gasteiger partial charge is 0.407 e. The number of nitrogens with one attached hydrogen (secondary N) is 2. The Hall–Kier alpha value is -1.63. The third-order valence-electron chi connectivity index (χ3n) is 3.77. The van der Waals surface area contributed by atoms with Gasteiger partial charge in [-0.05, 0) is 47.0 Å². The van der Waals surface area contributed by atoms with Crippen molar-refractivity contribution in [3.63, 3.8) is 0 Å². The summed E-state index contributed by atoms with van der Waals surface area (Å²) < 4.78 is 7.22. The largest absolute Gasteiger partial charge is 0.444 e. The topological polar surface area (TPSA) is 81.1 Å². The second-order valence-corrected chi connectivity index (χ2v) is 7.04. The lowest BCUT2D eigenvalue weighted by atomic mass is 10.2. The molecule has 0 spiro atoms. The SMILES string of the molecule is CC(NC1CCC(NC(=O)OC(C)(C)C)C1)c1nncn1C. The van der Waals surface area contributed by atoms with Crippen molar-refractivity contribution in [2.45, 2.75) is 70.7 Å². The lowest BCUT2D eigenvalue weighted by Gasteiger charge is -2.22. The van der Waals surface area contributed by atoms with Crippen molar-refractivity contribution in [2.24, 2.45) is 7.05 Å². The van der Waals surface area contributed by atoms with Crippen molar-refractivity contribution in [2.75, 3.05) is 0 Å². The van der Waals surface area contributed by atoms with Gasteiger partial charge in [0.05, 0.1) is 6.04 Å². The number of ether oxygens (including phenoxy) is 1. The molecule has 0 radical (unpaired) electrons. The normalized spacial score (nSPS) is 23.3. The molecule has 1 amide bonds. The predicted molar refractivity (Wildman–Crippen MR) is 83.4 cm³/mol. The molecule has 0 saturated heterocycles. The van der Waals surface area contributed by atoms with Gasteiger partial charge in [0, 0.05) is 19.1 Å². The van der Waals surface area contributed by atoms with Crippen LogP contribution in [0.4, 0.5) is 4.79 Å². The molecule has 1 aliphatic rings. The highest BCUT2D eigenvalue weighted by molar-refractivity contribution is 5.68. The minimum atomic E-state index is -0.458. The number of alkyl carbamates (subject to hydrolysis) is 1. The first kappa shape index (κ1) is 16.7. The molecule has 0 bridgehead atoms. The van der Waals surface area contributed by atoms with Gasteiger partial charge in [0.2, 0.25) is 0 Å². The molecular formula is C15H27N5O2. The van der Waals surface area contributed by atoms with Gasteiger partial charge in [-0.3, -0.25) is 0 Å². The second kappa shape index (κ2) is 6.64. The predicted octanol–water partition coefficient (Wildman–Crippen LogP) is 1.91. The molecule has 2 N–H and O–H groups in total. The summed E-state index contributed by atoms with van der Waals surface area (Å²) in [6, 6.07) is 0.670. The maximum Gasteiger partial charge on any atom is 0.407 e. The first-order chi connectivity index (χ1) is 10.2. The number of nitrogens with zero attached hydrogens (tertiary/aromatic N) is 3. The summed E-state index contributed by atoms with van der Waals surface area (Å²) in [5, 5.41) is 14.5. The van der Waals surface area contributed by atoms with Crippen LogP contribution in [0.3, 0.4) is 0 Å². The fourth-order valence-corrected chi connectivity index (χ4v) is 2.85. The number of carbonyl (C=O) groups excluding carboxylic acids is 1. The molecule has 7 nitrogen and oxygen atoms in total. The van der Waals surface area contributed by atoms with Crippen LogP contribution < -0.4 is 10.6 Å². The average molecular weight is 309 g/mol. The van der Waals surface area contributed by atoms with E-state index < -0.39 is 5.60 Å². The molecule has 1 aromatic rings. The number of aryl methyl sites for hydroxylation is 1. The van der Waals surface area contributed by atoms with E-state index in [1.807, 2.05) is 32.4 Å². The van der Waals surface area contributed by atoms with Crippen molar-refractivity contribution in [3.05, 3.63) is 12.2 Å². The Bertz CT molecular complexity index is 508. The molecule has 0 aliphatic heterocycles. The van der Waals surface area contributed by atoms with E-state index >= 15 is 0 Å². The van der Waals surface area contributed by atoms with Gasteiger partial charge in [0.1, 0.15) is 17.8 Å². The van der Waals surface area contributed by atoms with Gasteiger partial charge in [0.15, 0.2) is 0 Å². The Morgan fingerprint density at radius 2 is 2.09 bits per heavy atom. The summed E-state index contributed by atoms with van der Waals surface area (Å²) in [5.74, 6) is 0.920. The van der Waals surface area contributed by atoms with E-state index in [9.17, 15) is 4.79 Å². The van der Waals surface area contributed by atoms with Crippen LogP contribution in [-0.4, -0.2) is 38.5 Å². The van der Waals surface area contributed by atoms with Crippen LogP contribution in [0.5, 0.6) is 0 Å². The maximum atomic E-state index is 11.8. The second-order valence-electron chi connectivity index (χ2n) is 7.04. The molecule has 22 heavy (non-hydrogen) atoms. The summed E-state index contributed by atoms with van der Waals surface area (Å²) in [5.41, 5.74) is -0.458. The van der Waals surface area contributed by atoms with Crippen LogP contribution in [0, 0.1) is 0 Å². The highest BCUT2D eigenvalue weighted by Crippen LogP contribution is 2.22. The molecule has 7 heteroatoms. The Labute approximate surface area is 131 Å². The van der Waals surface area contributed by atoms with Gasteiger partial charge in [-0.2, -0.15) is 0 Å². The molecule has 1 saturated carbocycles. The quantitative estimate of drug-likeness (QED) is 0.888. The zero-order valence-corrected chi connectivity index (χ0v) is 14.1. The highest BCUT2D eigenvalue weighted by Gasteiger charge is 2.29. The van der Waals surface area contributed by atoms with Crippen molar-refractivity contribution < 1.29 is 9.53 Å². The van der Waals surface area contributed by atoms with Crippen LogP contribution in [-0.2, 0) is 11.8 Å². The Morgan fingerprint density at radius 1 is 1.41 bits per heavy atom. The fourth-order valence-electron chi connectivity index (χ4n) is 2.85. The molecular weight excluding hydrogens is 282 g/mol. The summed E-state index contributed by atoms with van der Waals surface area (Å²) in [6.45, 7) is 7.69. The summed E-state index contributed by atoms with van der Waals surface area (Å²) in [6.07, 6.45) is 4.26. The van der Waals surface area contributed by atoms with Gasteiger partial charge in [0.25, 0.3) is 0 Å². The molecule has 3 unspecified atom stereocenters. The van der Waals surface area contributed by atoms with Crippen LogP contribution in [0.1, 0.15) is 58.8 Å². The lowest BCUT2D eigenvalue weighted by molar-refractivity contribution is 0.0505. The standard InChI is InChI=1S/C15H27N5O2/c1-10(13-19-16-9-20(13)5)17-11-6-7-12(8-11)18-14(21)22-15(2,3)4/h9-12,17H,6-8H2,1-5H3,(H,18,21). The third kappa shape index (κ3) is 4.69. The van der Waals surface area contributed by atoms with Crippen molar-refractivity contribution in [1.82, 2.24) is 25.4 Å². The van der Waals surface area contributed by atoms with Crippen molar-refractivity contribution >= 4 is 6.09 Å². The monoisotopic (exact) mass is 309 g/mol. The molecule has 1 aromatic heterocycles. The van der Waals surface area contributed by atoms with Crippen molar-refractivity contribution in [1.29, 1.82) is 0 Å². The molecule has 1 aliphatic carbocycles. The first-order valence-electron chi connectivity index (χ1n) is 7.84. The summed E-state index contributed by atoms with van der Waals surface area (Å²) >= 11 is 0. The zero-order valence-electron chi connectivity index (χ0n) is 14.1. The van der Waals surface area contributed by atoms with Crippen LogP contribution >= 0.6 is 0 Å². The molecule has 124 valence electrons. The van der Waals surface area contributed by atoms with E-state index in [2.05, 4.69) is 27.8 Å². The molecule has 3 atom stereocenters. The molecule has 1 fully saturated rings. The summed E-state index contributed by atoms with van der Waals surface area (Å²) in [7, 11) is 1.94. The number of amides is 1. The fraction of sp³-hybridized carbons (Fsp3) is 0.800. The molecule has 1 heterocycles. The van der Waals surface area contributed by atoms with E-state index in [-0.39, 0.29) is 18.2 Å². The van der Waals surface area contributed by atoms with Crippen molar-refractivity contribution in [3.8, 4) is 0 Å². The van der Waals surface area contributed by atoms with Gasteiger partial charge in [-0.15, -0.1) is 10.2 Å². The Morgan fingerprint density at radius 3 is 2.68 bits per heavy atom. The van der Waals surface area contributed by atoms with E-state index in [1.54, 1.807) is 6.33 Å². The maximum absolute atomic E-state index is 11.8. The minimum absolute atomic E-state index is 0.137. The third-order valence-corrected chi connectivity index (χ3v) is 3.77. The Balaban J connectivity index is 1.78. The van der Waals surface area contributed by atoms with Gasteiger partial charge in [-0.25, -0.2) is 4.79 Å². The van der Waals surface area contributed by atoms with Crippen LogP contribution in [0.2, 0.25) is 0 Å². The van der Waals surface area contributed by atoms with Crippen LogP contribution in [0.25, 0.3) is 0 Å². The first-order valence-corrected chi connectivity index (χ1v) is 7.84. The molecule has 0 aromatic carbocycles. The van der Waals surface area contributed by atoms with Crippen LogP contribution in [0.15, 0.2) is 6.33 Å². The van der Waals surface area contributed by atoms with Gasteiger partial charge < -0.3 is 19.9 Å². The van der Waals surface area contributed by atoms with E-state index in [0.717, 1.165) is 25.1 Å². The number of aromatic nitrogens is 3. The Kier molecular flexibility index (Phi) is 5.05. The van der Waals surface area contributed by atoms with E-state index in [4.69, 9.17) is 4.74 Å². The number of carbonyl (C=O) groups is 1. The molecule has 2 rings (SSSR count). The lowest BCUT2D eigenvalue weighted by Crippen LogP contribution is -2.39.